The van der Waals surface area contributed by atoms with E-state index in [-0.39, 0.29) is 28.9 Å². The quantitative estimate of drug-likeness (QED) is 0.831. The lowest BCUT2D eigenvalue weighted by molar-refractivity contribution is -0.136. The number of alkyl halides is 1. The average Bonchev–Trinajstić information content (AvgIpc) is 2.85. The molecular weight excluding hydrogens is 320 g/mol. The van der Waals surface area contributed by atoms with Crippen LogP contribution in [0.1, 0.15) is 37.1 Å². The van der Waals surface area contributed by atoms with Gasteiger partial charge in [0.1, 0.15) is 18.6 Å². The first-order valence-electron chi connectivity index (χ1n) is 7.36. The van der Waals surface area contributed by atoms with Gasteiger partial charge >= 0.3 is 11.9 Å². The zero-order valence-corrected chi connectivity index (χ0v) is 13.0. The Hall–Kier alpha value is -2.70. The van der Waals surface area contributed by atoms with Crippen LogP contribution in [-0.2, 0) is 14.3 Å². The Labute approximate surface area is 136 Å². The maximum absolute atomic E-state index is 14.2. The van der Waals surface area contributed by atoms with E-state index in [0.29, 0.717) is 11.4 Å². The molecule has 0 saturated carbocycles. The SMILES string of the molecule is CC1=C(C(=O)O)[C@H](c2cccc(F)c2[C@@H](C)F)C2=C(COC2=O)N1. The highest BCUT2D eigenvalue weighted by molar-refractivity contribution is 6.00. The van der Waals surface area contributed by atoms with Crippen molar-refractivity contribution in [1.82, 2.24) is 5.32 Å². The Morgan fingerprint density at radius 3 is 2.79 bits per heavy atom. The van der Waals surface area contributed by atoms with Crippen LogP contribution in [0.5, 0.6) is 0 Å². The van der Waals surface area contributed by atoms with Crippen LogP contribution in [-0.4, -0.2) is 23.7 Å². The van der Waals surface area contributed by atoms with Crippen LogP contribution >= 0.6 is 0 Å². The number of nitrogens with one attached hydrogen (secondary N) is 1. The number of carbonyl (C=O) groups is 2. The summed E-state index contributed by atoms with van der Waals surface area (Å²) in [7, 11) is 0. The summed E-state index contributed by atoms with van der Waals surface area (Å²) in [5.41, 5.74) is 0.572. The molecule has 0 fully saturated rings. The van der Waals surface area contributed by atoms with Crippen LogP contribution in [0.4, 0.5) is 8.78 Å². The van der Waals surface area contributed by atoms with Gasteiger partial charge in [0.15, 0.2) is 0 Å². The van der Waals surface area contributed by atoms with Gasteiger partial charge in [-0.05, 0) is 25.5 Å². The highest BCUT2D eigenvalue weighted by Crippen LogP contribution is 2.44. The van der Waals surface area contributed by atoms with E-state index in [0.717, 1.165) is 6.07 Å². The number of aliphatic carboxylic acids is 1. The molecule has 0 amide bonds. The summed E-state index contributed by atoms with van der Waals surface area (Å²) in [6, 6.07) is 3.92. The van der Waals surface area contributed by atoms with E-state index in [9.17, 15) is 23.5 Å². The van der Waals surface area contributed by atoms with Crippen LogP contribution in [0, 0.1) is 5.82 Å². The Kier molecular flexibility index (Phi) is 3.87. The number of hydrogen-bond donors (Lipinski definition) is 2. The fraction of sp³-hybridized carbons (Fsp3) is 0.294. The van der Waals surface area contributed by atoms with E-state index in [1.165, 1.54) is 19.1 Å². The van der Waals surface area contributed by atoms with Crippen LogP contribution in [0.3, 0.4) is 0 Å². The number of dihydropyridines is 1. The predicted molar refractivity (Wildman–Crippen MR) is 80.1 cm³/mol. The number of hydrogen-bond acceptors (Lipinski definition) is 4. The summed E-state index contributed by atoms with van der Waals surface area (Å²) in [5.74, 6) is -3.82. The molecular formula is C17H15F2NO4. The predicted octanol–water partition coefficient (Wildman–Crippen LogP) is 2.71. The first kappa shape index (κ1) is 16.2. The van der Waals surface area contributed by atoms with E-state index in [2.05, 4.69) is 5.32 Å². The number of carbonyl (C=O) groups excluding carboxylic acids is 1. The summed E-state index contributed by atoms with van der Waals surface area (Å²) in [5, 5.41) is 12.4. The van der Waals surface area contributed by atoms with Crippen molar-refractivity contribution in [3.05, 3.63) is 57.7 Å². The maximum Gasteiger partial charge on any atom is 0.337 e. The molecule has 2 aliphatic heterocycles. The Bertz CT molecular complexity index is 809. The lowest BCUT2D eigenvalue weighted by Crippen LogP contribution is -2.30. The molecule has 0 aromatic heterocycles. The zero-order chi connectivity index (χ0) is 17.6. The molecule has 126 valence electrons. The van der Waals surface area contributed by atoms with Gasteiger partial charge in [-0.25, -0.2) is 18.4 Å². The first-order chi connectivity index (χ1) is 11.3. The lowest BCUT2D eigenvalue weighted by Gasteiger charge is -2.28. The van der Waals surface area contributed by atoms with Crippen molar-refractivity contribution in [2.75, 3.05) is 6.61 Å². The van der Waals surface area contributed by atoms with Gasteiger partial charge in [-0.2, -0.15) is 0 Å². The van der Waals surface area contributed by atoms with E-state index in [1.54, 1.807) is 6.92 Å². The molecule has 7 heteroatoms. The Morgan fingerprint density at radius 2 is 2.17 bits per heavy atom. The van der Waals surface area contributed by atoms with Crippen molar-refractivity contribution in [2.24, 2.45) is 0 Å². The summed E-state index contributed by atoms with van der Waals surface area (Å²) in [6.07, 6.45) is -1.66. The number of cyclic esters (lactones) is 1. The molecule has 3 rings (SSSR count). The molecule has 0 unspecified atom stereocenters. The summed E-state index contributed by atoms with van der Waals surface area (Å²) in [4.78, 5) is 23.9. The molecule has 1 aromatic carbocycles. The smallest absolute Gasteiger partial charge is 0.337 e. The molecule has 2 heterocycles. The molecule has 2 atom stereocenters. The normalized spacial score (nSPS) is 21.3. The van der Waals surface area contributed by atoms with Gasteiger partial charge in [0.2, 0.25) is 0 Å². The third-order valence-electron chi connectivity index (χ3n) is 4.24. The molecule has 1 aromatic rings. The second-order valence-electron chi connectivity index (χ2n) is 5.73. The maximum atomic E-state index is 14.2. The minimum Gasteiger partial charge on any atom is -0.478 e. The van der Waals surface area contributed by atoms with Crippen molar-refractivity contribution in [3.8, 4) is 0 Å². The van der Waals surface area contributed by atoms with Crippen molar-refractivity contribution >= 4 is 11.9 Å². The highest BCUT2D eigenvalue weighted by atomic mass is 19.1. The fourth-order valence-electron chi connectivity index (χ4n) is 3.29. The van der Waals surface area contributed by atoms with Crippen molar-refractivity contribution in [3.63, 3.8) is 0 Å². The van der Waals surface area contributed by atoms with E-state index >= 15 is 0 Å². The molecule has 2 aliphatic rings. The number of rotatable bonds is 3. The molecule has 5 nitrogen and oxygen atoms in total. The molecule has 24 heavy (non-hydrogen) atoms. The van der Waals surface area contributed by atoms with Gasteiger partial charge in [-0.3, -0.25) is 0 Å². The van der Waals surface area contributed by atoms with Gasteiger partial charge in [0, 0.05) is 11.3 Å². The number of esters is 1. The number of ether oxygens (including phenoxy) is 1. The van der Waals surface area contributed by atoms with Crippen molar-refractivity contribution in [2.45, 2.75) is 25.9 Å². The fourth-order valence-corrected chi connectivity index (χ4v) is 3.29. The standard InChI is InChI=1S/C17H15F2NO4/c1-7(18)12-9(4-3-5-10(12)19)14-13(16(21)22)8(2)20-11-6-24-17(23)15(11)14/h3-5,7,14,20H,6H2,1-2H3,(H,21,22)/t7-,14+/m1/s1. The number of carboxylic acid groups (broad SMARTS) is 1. The zero-order valence-electron chi connectivity index (χ0n) is 13.0. The minimum absolute atomic E-state index is 0.0231. The third-order valence-corrected chi connectivity index (χ3v) is 4.24. The lowest BCUT2D eigenvalue weighted by atomic mass is 9.78. The molecule has 2 N–H and O–H groups in total. The Balaban J connectivity index is 2.29. The summed E-state index contributed by atoms with van der Waals surface area (Å²) >= 11 is 0. The number of benzene rings is 1. The number of halogens is 2. The van der Waals surface area contributed by atoms with Crippen LogP contribution in [0.15, 0.2) is 40.7 Å². The Morgan fingerprint density at radius 1 is 1.46 bits per heavy atom. The topological polar surface area (TPSA) is 75.6 Å². The van der Waals surface area contributed by atoms with Crippen LogP contribution in [0.25, 0.3) is 0 Å². The van der Waals surface area contributed by atoms with Gasteiger partial charge < -0.3 is 15.2 Å². The van der Waals surface area contributed by atoms with Gasteiger partial charge in [0.25, 0.3) is 0 Å². The number of allylic oxidation sites excluding steroid dienone is 1. The molecule has 0 spiro atoms. The second-order valence-corrected chi connectivity index (χ2v) is 5.73. The van der Waals surface area contributed by atoms with E-state index in [1.807, 2.05) is 0 Å². The van der Waals surface area contributed by atoms with Crippen LogP contribution in [0.2, 0.25) is 0 Å². The molecule has 0 radical (unpaired) electrons. The monoisotopic (exact) mass is 335 g/mol. The summed E-state index contributed by atoms with van der Waals surface area (Å²) in [6.45, 7) is 2.69. The van der Waals surface area contributed by atoms with E-state index in [4.69, 9.17) is 4.74 Å². The average molecular weight is 335 g/mol. The number of carboxylic acids is 1. The van der Waals surface area contributed by atoms with E-state index < -0.39 is 29.8 Å². The molecule has 0 bridgehead atoms. The molecule has 0 saturated heterocycles. The largest absolute Gasteiger partial charge is 0.478 e. The second kappa shape index (κ2) is 5.74. The van der Waals surface area contributed by atoms with Gasteiger partial charge in [-0.15, -0.1) is 0 Å². The summed E-state index contributed by atoms with van der Waals surface area (Å²) < 4.78 is 33.2. The van der Waals surface area contributed by atoms with Crippen molar-refractivity contribution in [1.29, 1.82) is 0 Å². The van der Waals surface area contributed by atoms with Crippen LogP contribution < -0.4 is 5.32 Å². The molecule has 0 aliphatic carbocycles. The minimum atomic E-state index is -1.66. The van der Waals surface area contributed by atoms with Crippen molar-refractivity contribution < 1.29 is 28.2 Å². The van der Waals surface area contributed by atoms with Gasteiger partial charge in [-0.1, -0.05) is 12.1 Å². The van der Waals surface area contributed by atoms with Gasteiger partial charge in [0.05, 0.1) is 22.8 Å². The third kappa shape index (κ3) is 2.36. The first-order valence-corrected chi connectivity index (χ1v) is 7.36. The highest BCUT2D eigenvalue weighted by Gasteiger charge is 2.42.